The quantitative estimate of drug-likeness (QED) is 0.558. The number of carbonyl (C=O) groups is 4. The zero-order valence-electron chi connectivity index (χ0n) is 19.4. The Morgan fingerprint density at radius 1 is 1.03 bits per heavy atom. The van der Waals surface area contributed by atoms with Gasteiger partial charge in [0.2, 0.25) is 5.91 Å². The van der Waals surface area contributed by atoms with Gasteiger partial charge in [0, 0.05) is 5.69 Å². The Morgan fingerprint density at radius 3 is 2.38 bits per heavy atom. The van der Waals surface area contributed by atoms with Crippen molar-refractivity contribution in [3.8, 4) is 0 Å². The summed E-state index contributed by atoms with van der Waals surface area (Å²) in [6.45, 7) is 4.97. The predicted octanol–water partition coefficient (Wildman–Crippen LogP) is 3.58. The summed E-state index contributed by atoms with van der Waals surface area (Å²) in [4.78, 5) is 51.0. The number of hydrogen-bond donors (Lipinski definition) is 3. The minimum absolute atomic E-state index is 0.0249. The molecule has 34 heavy (non-hydrogen) atoms. The van der Waals surface area contributed by atoms with Crippen LogP contribution in [0.1, 0.15) is 55.6 Å². The topological polar surface area (TPSA) is 125 Å². The Balaban J connectivity index is 1.71. The Labute approximate surface area is 198 Å². The van der Waals surface area contributed by atoms with E-state index >= 15 is 0 Å². The monoisotopic (exact) mass is 467 g/mol. The first kappa shape index (κ1) is 24.8. The van der Waals surface area contributed by atoms with Crippen molar-refractivity contribution < 1.29 is 29.0 Å². The molecule has 9 heteroatoms. The smallest absolute Gasteiger partial charge is 0.335 e. The molecule has 0 aliphatic carbocycles. The van der Waals surface area contributed by atoms with Gasteiger partial charge in [0.1, 0.15) is 11.6 Å². The average Bonchev–Trinajstić information content (AvgIpc) is 3.23. The van der Waals surface area contributed by atoms with Crippen LogP contribution in [0.5, 0.6) is 0 Å². The lowest BCUT2D eigenvalue weighted by Crippen LogP contribution is -2.48. The first-order chi connectivity index (χ1) is 16.0. The summed E-state index contributed by atoms with van der Waals surface area (Å²) in [6.07, 6.45) is 1.04. The van der Waals surface area contributed by atoms with E-state index in [1.54, 1.807) is 20.8 Å². The highest BCUT2D eigenvalue weighted by molar-refractivity contribution is 5.95. The number of carbonyl (C=O) groups excluding carboxylic acids is 3. The molecule has 3 N–H and O–H groups in total. The Morgan fingerprint density at radius 2 is 1.74 bits per heavy atom. The van der Waals surface area contributed by atoms with Gasteiger partial charge >= 0.3 is 18.0 Å². The number of benzene rings is 2. The number of anilines is 1. The Hall–Kier alpha value is -3.88. The molecular formula is C25H29N3O6. The standard InChI is InChI=1S/C25H29N3O6/c1-25(2,3)34-23(32)20-13-12-19(16-8-5-4-6-9-16)28(20)21(29)15-26-24(33)27-18-11-7-10-17(14-18)22(30)31/h4-11,14,19-20H,12-13,15H2,1-3H3,(H,30,31)(H2,26,27,33). The van der Waals surface area contributed by atoms with E-state index in [2.05, 4.69) is 10.6 Å². The Kier molecular flexibility index (Phi) is 7.55. The number of nitrogens with zero attached hydrogens (tertiary/aromatic N) is 1. The molecule has 1 fully saturated rings. The molecular weight excluding hydrogens is 438 g/mol. The summed E-state index contributed by atoms with van der Waals surface area (Å²) in [7, 11) is 0. The molecule has 0 spiro atoms. The van der Waals surface area contributed by atoms with Crippen molar-refractivity contribution >= 4 is 29.6 Å². The molecule has 180 valence electrons. The summed E-state index contributed by atoms with van der Waals surface area (Å²) in [5.74, 6) is -2.01. The van der Waals surface area contributed by atoms with E-state index in [1.807, 2.05) is 30.3 Å². The average molecular weight is 468 g/mol. The van der Waals surface area contributed by atoms with E-state index in [0.717, 1.165) is 5.56 Å². The number of carboxylic acid groups (broad SMARTS) is 1. The summed E-state index contributed by atoms with van der Waals surface area (Å²) in [6, 6.07) is 13.4. The number of amides is 3. The second kappa shape index (κ2) is 10.4. The number of rotatable bonds is 6. The number of ether oxygens (including phenoxy) is 1. The van der Waals surface area contributed by atoms with E-state index in [1.165, 1.54) is 29.2 Å². The molecule has 1 aliphatic heterocycles. The van der Waals surface area contributed by atoms with E-state index in [0.29, 0.717) is 12.8 Å². The fraction of sp³-hybridized carbons (Fsp3) is 0.360. The molecule has 2 aromatic rings. The molecule has 1 saturated heterocycles. The van der Waals surface area contributed by atoms with Crippen LogP contribution in [0.2, 0.25) is 0 Å². The van der Waals surface area contributed by atoms with Gasteiger partial charge in [0.15, 0.2) is 0 Å². The van der Waals surface area contributed by atoms with Crippen LogP contribution in [-0.4, -0.2) is 52.1 Å². The lowest BCUT2D eigenvalue weighted by molar-refractivity contribution is -0.164. The first-order valence-electron chi connectivity index (χ1n) is 11.0. The molecule has 0 saturated carbocycles. The van der Waals surface area contributed by atoms with Gasteiger partial charge < -0.3 is 25.4 Å². The van der Waals surface area contributed by atoms with E-state index < -0.39 is 35.5 Å². The lowest BCUT2D eigenvalue weighted by Gasteiger charge is -2.31. The van der Waals surface area contributed by atoms with Gasteiger partial charge in [0.25, 0.3) is 0 Å². The molecule has 9 nitrogen and oxygen atoms in total. The number of esters is 1. The molecule has 2 unspecified atom stereocenters. The summed E-state index contributed by atoms with van der Waals surface area (Å²) in [5.41, 5.74) is 0.507. The van der Waals surface area contributed by atoms with Gasteiger partial charge in [-0.1, -0.05) is 36.4 Å². The van der Waals surface area contributed by atoms with Gasteiger partial charge in [0.05, 0.1) is 18.2 Å². The molecule has 0 aromatic heterocycles. The first-order valence-corrected chi connectivity index (χ1v) is 11.0. The van der Waals surface area contributed by atoms with Gasteiger partial charge in [-0.05, 0) is 57.4 Å². The van der Waals surface area contributed by atoms with Crippen LogP contribution in [0, 0.1) is 0 Å². The van der Waals surface area contributed by atoms with Crippen LogP contribution >= 0.6 is 0 Å². The number of likely N-dealkylation sites (tertiary alicyclic amines) is 1. The molecule has 1 aliphatic rings. The van der Waals surface area contributed by atoms with E-state index in [-0.39, 0.29) is 23.8 Å². The molecule has 3 amide bonds. The van der Waals surface area contributed by atoms with Gasteiger partial charge in [-0.3, -0.25) is 4.79 Å². The molecule has 0 radical (unpaired) electrons. The number of urea groups is 1. The van der Waals surface area contributed by atoms with Crippen molar-refractivity contribution in [1.29, 1.82) is 0 Å². The van der Waals surface area contributed by atoms with Crippen molar-refractivity contribution in [2.45, 2.75) is 51.3 Å². The van der Waals surface area contributed by atoms with Gasteiger partial charge in [-0.2, -0.15) is 0 Å². The number of carboxylic acids is 1. The zero-order chi connectivity index (χ0) is 24.9. The lowest BCUT2D eigenvalue weighted by atomic mass is 10.0. The SMILES string of the molecule is CC(C)(C)OC(=O)C1CCC(c2ccccc2)N1C(=O)CNC(=O)Nc1cccc(C(=O)O)c1. The van der Waals surface area contributed by atoms with Crippen LogP contribution < -0.4 is 10.6 Å². The highest BCUT2D eigenvalue weighted by Crippen LogP contribution is 2.37. The second-order valence-electron chi connectivity index (χ2n) is 9.05. The Bertz CT molecular complexity index is 1060. The van der Waals surface area contributed by atoms with Crippen LogP contribution in [0.3, 0.4) is 0 Å². The predicted molar refractivity (Wildman–Crippen MR) is 125 cm³/mol. The van der Waals surface area contributed by atoms with Gasteiger partial charge in [-0.15, -0.1) is 0 Å². The zero-order valence-corrected chi connectivity index (χ0v) is 19.4. The highest BCUT2D eigenvalue weighted by atomic mass is 16.6. The van der Waals surface area contributed by atoms with E-state index in [4.69, 9.17) is 9.84 Å². The minimum atomic E-state index is -1.12. The van der Waals surface area contributed by atoms with Crippen molar-refractivity contribution in [2.75, 3.05) is 11.9 Å². The van der Waals surface area contributed by atoms with Crippen LogP contribution in [0.15, 0.2) is 54.6 Å². The van der Waals surface area contributed by atoms with Gasteiger partial charge in [-0.25, -0.2) is 14.4 Å². The third-order valence-corrected chi connectivity index (χ3v) is 5.30. The van der Waals surface area contributed by atoms with E-state index in [9.17, 15) is 19.2 Å². The molecule has 1 heterocycles. The van der Waals surface area contributed by atoms with Crippen molar-refractivity contribution in [1.82, 2.24) is 10.2 Å². The largest absolute Gasteiger partial charge is 0.478 e. The highest BCUT2D eigenvalue weighted by Gasteiger charge is 2.43. The third-order valence-electron chi connectivity index (χ3n) is 5.30. The third kappa shape index (κ3) is 6.34. The normalized spacial score (nSPS) is 17.7. The fourth-order valence-corrected chi connectivity index (χ4v) is 3.91. The van der Waals surface area contributed by atoms with Crippen LogP contribution in [0.25, 0.3) is 0 Å². The van der Waals surface area contributed by atoms with Crippen LogP contribution in [-0.2, 0) is 14.3 Å². The summed E-state index contributed by atoms with van der Waals surface area (Å²) >= 11 is 0. The minimum Gasteiger partial charge on any atom is -0.478 e. The van der Waals surface area contributed by atoms with Crippen molar-refractivity contribution in [3.63, 3.8) is 0 Å². The molecule has 2 atom stereocenters. The summed E-state index contributed by atoms with van der Waals surface area (Å²) in [5, 5.41) is 14.1. The summed E-state index contributed by atoms with van der Waals surface area (Å²) < 4.78 is 5.54. The second-order valence-corrected chi connectivity index (χ2v) is 9.05. The van der Waals surface area contributed by atoms with Crippen molar-refractivity contribution in [3.05, 3.63) is 65.7 Å². The maximum Gasteiger partial charge on any atom is 0.335 e. The number of nitrogens with one attached hydrogen (secondary N) is 2. The van der Waals surface area contributed by atoms with Crippen molar-refractivity contribution in [2.24, 2.45) is 0 Å². The number of hydrogen-bond acceptors (Lipinski definition) is 5. The molecule has 0 bridgehead atoms. The number of aromatic carboxylic acids is 1. The maximum absolute atomic E-state index is 13.2. The molecule has 3 rings (SSSR count). The maximum atomic E-state index is 13.2. The molecule has 2 aromatic carbocycles. The van der Waals surface area contributed by atoms with Crippen LogP contribution in [0.4, 0.5) is 10.5 Å². The fourth-order valence-electron chi connectivity index (χ4n) is 3.91.